The molecule has 0 amide bonds. The highest BCUT2D eigenvalue weighted by Gasteiger charge is 2.19. The van der Waals surface area contributed by atoms with Gasteiger partial charge >= 0.3 is 0 Å². The lowest BCUT2D eigenvalue weighted by Crippen LogP contribution is -2.16. The van der Waals surface area contributed by atoms with Crippen LogP contribution in [0.5, 0.6) is 0 Å². The number of fused-ring (bicyclic) bond motifs is 1. The Kier molecular flexibility index (Phi) is 4.95. The van der Waals surface area contributed by atoms with Gasteiger partial charge in [0.2, 0.25) is 0 Å². The van der Waals surface area contributed by atoms with Crippen LogP contribution in [0.2, 0.25) is 0 Å². The fourth-order valence-corrected chi connectivity index (χ4v) is 3.87. The van der Waals surface area contributed by atoms with Crippen LogP contribution in [0.3, 0.4) is 0 Å². The molecule has 4 aromatic heterocycles. The maximum atomic E-state index is 12.1. The van der Waals surface area contributed by atoms with Gasteiger partial charge in [-0.1, -0.05) is 18.2 Å². The van der Waals surface area contributed by atoms with Crippen LogP contribution in [0.15, 0.2) is 77.7 Å². The van der Waals surface area contributed by atoms with Crippen LogP contribution in [-0.2, 0) is 12.9 Å². The lowest BCUT2D eigenvalue weighted by molar-refractivity contribution is 0.866. The van der Waals surface area contributed by atoms with Crippen LogP contribution < -0.4 is 11.3 Å². The zero-order valence-corrected chi connectivity index (χ0v) is 18.0. The molecule has 8 heteroatoms. The fourth-order valence-electron chi connectivity index (χ4n) is 3.69. The van der Waals surface area contributed by atoms with E-state index in [1.807, 2.05) is 59.2 Å². The van der Waals surface area contributed by atoms with Gasteiger partial charge in [-0.15, -0.1) is 11.6 Å². The number of nitrogens with two attached hydrogens (primary N) is 1. The third-order valence-corrected chi connectivity index (χ3v) is 5.69. The van der Waals surface area contributed by atoms with Crippen molar-refractivity contribution >= 4 is 28.6 Å². The summed E-state index contributed by atoms with van der Waals surface area (Å²) in [5.74, 6) is 1.44. The van der Waals surface area contributed by atoms with Crippen molar-refractivity contribution in [2.75, 3.05) is 5.73 Å². The Bertz CT molecular complexity index is 1500. The number of rotatable bonds is 4. The van der Waals surface area contributed by atoms with E-state index in [0.717, 1.165) is 11.3 Å². The molecule has 0 unspecified atom stereocenters. The van der Waals surface area contributed by atoms with Gasteiger partial charge < -0.3 is 10.3 Å². The van der Waals surface area contributed by atoms with Crippen molar-refractivity contribution in [3.63, 3.8) is 0 Å². The number of benzene rings is 1. The van der Waals surface area contributed by atoms with E-state index < -0.39 is 0 Å². The minimum Gasteiger partial charge on any atom is -0.383 e. The van der Waals surface area contributed by atoms with Crippen molar-refractivity contribution in [2.45, 2.75) is 5.88 Å². The van der Waals surface area contributed by atoms with Crippen LogP contribution in [0.1, 0.15) is 5.56 Å². The van der Waals surface area contributed by atoms with Crippen LogP contribution in [0.25, 0.3) is 39.6 Å². The molecule has 0 spiro atoms. The molecule has 5 rings (SSSR count). The molecule has 0 saturated carbocycles. The summed E-state index contributed by atoms with van der Waals surface area (Å²) in [6, 6.07) is 20.5. The molecule has 4 heterocycles. The third-order valence-electron chi connectivity index (χ3n) is 5.38. The SMILES string of the molecule is Cn1c(-c2ccc3nc(-c4cccnc4N)n(-c4ccc(CCl)cc4)c3n2)cccc1=O. The lowest BCUT2D eigenvalue weighted by atomic mass is 10.2. The summed E-state index contributed by atoms with van der Waals surface area (Å²) >= 11 is 5.98. The van der Waals surface area contributed by atoms with E-state index in [4.69, 9.17) is 27.3 Å². The summed E-state index contributed by atoms with van der Waals surface area (Å²) in [4.78, 5) is 26.1. The Balaban J connectivity index is 1.81. The number of imidazole rings is 1. The molecule has 0 aliphatic carbocycles. The van der Waals surface area contributed by atoms with Crippen molar-refractivity contribution in [1.82, 2.24) is 24.1 Å². The number of anilines is 1. The highest BCUT2D eigenvalue weighted by molar-refractivity contribution is 6.17. The minimum atomic E-state index is -0.0987. The highest BCUT2D eigenvalue weighted by atomic mass is 35.5. The van der Waals surface area contributed by atoms with Crippen LogP contribution in [-0.4, -0.2) is 24.1 Å². The van der Waals surface area contributed by atoms with Gasteiger partial charge in [0.15, 0.2) is 11.5 Å². The van der Waals surface area contributed by atoms with Crippen LogP contribution >= 0.6 is 11.6 Å². The van der Waals surface area contributed by atoms with Crippen molar-refractivity contribution < 1.29 is 0 Å². The minimum absolute atomic E-state index is 0.0987. The second-order valence-corrected chi connectivity index (χ2v) is 7.62. The summed E-state index contributed by atoms with van der Waals surface area (Å²) in [5, 5.41) is 0. The largest absolute Gasteiger partial charge is 0.383 e. The van der Waals surface area contributed by atoms with Crippen LogP contribution in [0, 0.1) is 0 Å². The van der Waals surface area contributed by atoms with Crippen molar-refractivity contribution in [3.8, 4) is 28.5 Å². The van der Waals surface area contributed by atoms with Crippen LogP contribution in [0.4, 0.5) is 5.82 Å². The van der Waals surface area contributed by atoms with Gasteiger partial charge in [0.05, 0.1) is 17.0 Å². The Morgan fingerprint density at radius 2 is 1.78 bits per heavy atom. The predicted molar refractivity (Wildman–Crippen MR) is 127 cm³/mol. The second kappa shape index (κ2) is 7.94. The van der Waals surface area contributed by atoms with Gasteiger partial charge in [0.25, 0.3) is 5.56 Å². The zero-order valence-electron chi connectivity index (χ0n) is 17.2. The number of nitrogen functional groups attached to an aromatic ring is 1. The third kappa shape index (κ3) is 3.33. The molecular formula is C24H19ClN6O. The molecule has 158 valence electrons. The highest BCUT2D eigenvalue weighted by Crippen LogP contribution is 2.31. The van der Waals surface area contributed by atoms with Gasteiger partial charge in [0.1, 0.15) is 11.3 Å². The van der Waals surface area contributed by atoms with Gasteiger partial charge in [0, 0.05) is 30.9 Å². The Hall–Kier alpha value is -3.97. The smallest absolute Gasteiger partial charge is 0.250 e. The normalized spacial score (nSPS) is 11.2. The second-order valence-electron chi connectivity index (χ2n) is 7.35. The molecule has 0 atom stereocenters. The van der Waals surface area contributed by atoms with Crippen molar-refractivity contribution in [1.29, 1.82) is 0 Å². The monoisotopic (exact) mass is 442 g/mol. The number of aromatic nitrogens is 5. The first-order valence-electron chi connectivity index (χ1n) is 9.99. The van der Waals surface area contributed by atoms with E-state index in [-0.39, 0.29) is 5.56 Å². The molecule has 0 aliphatic heterocycles. The molecular weight excluding hydrogens is 424 g/mol. The van der Waals surface area contributed by atoms with E-state index >= 15 is 0 Å². The number of hydrogen-bond donors (Lipinski definition) is 1. The van der Waals surface area contributed by atoms with Gasteiger partial charge in [-0.3, -0.25) is 9.36 Å². The first-order chi connectivity index (χ1) is 15.6. The Morgan fingerprint density at radius 1 is 0.969 bits per heavy atom. The number of halogens is 1. The zero-order chi connectivity index (χ0) is 22.2. The molecule has 0 saturated heterocycles. The van der Waals surface area contributed by atoms with Gasteiger partial charge in [-0.05, 0) is 48.0 Å². The Labute approximate surface area is 188 Å². The van der Waals surface area contributed by atoms with E-state index in [2.05, 4.69) is 4.98 Å². The average Bonchev–Trinajstić information content (AvgIpc) is 3.19. The molecule has 0 bridgehead atoms. The molecule has 1 aromatic carbocycles. The molecule has 0 aliphatic rings. The summed E-state index contributed by atoms with van der Waals surface area (Å²) in [6.45, 7) is 0. The maximum absolute atomic E-state index is 12.1. The molecule has 32 heavy (non-hydrogen) atoms. The quantitative estimate of drug-likeness (QED) is 0.422. The molecule has 7 nitrogen and oxygen atoms in total. The summed E-state index contributed by atoms with van der Waals surface area (Å²) < 4.78 is 3.52. The van der Waals surface area contributed by atoms with E-state index in [0.29, 0.717) is 45.6 Å². The molecule has 0 radical (unpaired) electrons. The van der Waals surface area contributed by atoms with Gasteiger partial charge in [-0.2, -0.15) is 0 Å². The molecule has 5 aromatic rings. The van der Waals surface area contributed by atoms with E-state index in [1.54, 1.807) is 23.9 Å². The van der Waals surface area contributed by atoms with Crippen molar-refractivity contribution in [2.24, 2.45) is 7.05 Å². The van der Waals surface area contributed by atoms with E-state index in [1.165, 1.54) is 6.07 Å². The standard InChI is InChI=1S/C24H19ClN6O/c1-30-20(5-2-6-21(30)32)18-11-12-19-24(28-18)31(16-9-7-15(14-25)8-10-16)23(29-19)17-4-3-13-27-22(17)26/h2-13H,14H2,1H3,(H2,26,27). The topological polar surface area (TPSA) is 91.6 Å². The number of alkyl halides is 1. The van der Waals surface area contributed by atoms with Gasteiger partial charge in [-0.25, -0.2) is 15.0 Å². The fraction of sp³-hybridized carbons (Fsp3) is 0.0833. The average molecular weight is 443 g/mol. The molecule has 2 N–H and O–H groups in total. The molecule has 0 fully saturated rings. The summed E-state index contributed by atoms with van der Waals surface area (Å²) in [5.41, 5.74) is 11.4. The lowest BCUT2D eigenvalue weighted by Gasteiger charge is -2.11. The summed E-state index contributed by atoms with van der Waals surface area (Å²) in [6.07, 6.45) is 1.65. The maximum Gasteiger partial charge on any atom is 0.250 e. The first-order valence-corrected chi connectivity index (χ1v) is 10.5. The Morgan fingerprint density at radius 3 is 2.53 bits per heavy atom. The number of hydrogen-bond acceptors (Lipinski definition) is 5. The van der Waals surface area contributed by atoms with Crippen molar-refractivity contribution in [3.05, 3.63) is 88.8 Å². The number of pyridine rings is 3. The summed E-state index contributed by atoms with van der Waals surface area (Å²) in [7, 11) is 1.73. The van der Waals surface area contributed by atoms with E-state index in [9.17, 15) is 4.79 Å². The number of nitrogens with zero attached hydrogens (tertiary/aromatic N) is 5. The predicted octanol–water partition coefficient (Wildman–Crippen LogP) is 4.17. The first kappa shape index (κ1) is 20.0.